The molecule has 26 heavy (non-hydrogen) atoms. The molecule has 5 N–H and O–H groups in total. The zero-order valence-electron chi connectivity index (χ0n) is 13.6. The molecule has 1 aromatic carbocycles. The second-order valence-electron chi connectivity index (χ2n) is 5.14. The van der Waals surface area contributed by atoms with Gasteiger partial charge >= 0.3 is 5.97 Å². The van der Waals surface area contributed by atoms with Gasteiger partial charge < -0.3 is 15.6 Å². The Morgan fingerprint density at radius 1 is 1.38 bits per heavy atom. The molecular weight excluding hydrogens is 389 g/mol. The monoisotopic (exact) mass is 403 g/mol. The van der Waals surface area contributed by atoms with E-state index < -0.39 is 28.1 Å². The van der Waals surface area contributed by atoms with Crippen LogP contribution in [0.25, 0.3) is 17.5 Å². The molecule has 0 fully saturated rings. The van der Waals surface area contributed by atoms with Gasteiger partial charge in [-0.2, -0.15) is 10.6 Å². The Hall–Kier alpha value is -2.40. The molecule has 0 atom stereocenters. The normalized spacial score (nSPS) is 12.4. The van der Waals surface area contributed by atoms with E-state index in [1.807, 2.05) is 0 Å². The maximum atomic E-state index is 14.5. The first-order valence-corrected chi connectivity index (χ1v) is 9.29. The Balaban J connectivity index is 2.68. The van der Waals surface area contributed by atoms with Crippen LogP contribution in [0.15, 0.2) is 17.5 Å². The van der Waals surface area contributed by atoms with Crippen molar-refractivity contribution in [3.05, 3.63) is 39.6 Å². The number of rotatable bonds is 5. The topological polar surface area (TPSA) is 139 Å². The van der Waals surface area contributed by atoms with E-state index in [1.54, 1.807) is 0 Å². The number of carbonyl (C=O) groups is 1. The molecule has 0 aliphatic rings. The molecule has 0 unspecified atom stereocenters. The lowest BCUT2D eigenvalue weighted by atomic mass is 10.1. The third kappa shape index (κ3) is 4.22. The summed E-state index contributed by atoms with van der Waals surface area (Å²) in [4.78, 5) is 19.3. The Kier molecular flexibility index (Phi) is 5.71. The number of hydrogen-bond acceptors (Lipinski definition) is 7. The lowest BCUT2D eigenvalue weighted by Crippen LogP contribution is -2.10. The lowest BCUT2D eigenvalue weighted by Gasteiger charge is -2.21. The molecular formula is C15H15ClFN3O5S. The fraction of sp³-hybridized carbons (Fsp3) is 0.133. The van der Waals surface area contributed by atoms with Crippen molar-refractivity contribution in [2.24, 2.45) is 0 Å². The number of aromatic nitrogens is 2. The summed E-state index contributed by atoms with van der Waals surface area (Å²) < 4.78 is 38.2. The Bertz CT molecular complexity index is 902. The highest BCUT2D eigenvalue weighted by Gasteiger charge is 2.21. The van der Waals surface area contributed by atoms with Crippen LogP contribution in [0.5, 0.6) is 5.75 Å². The minimum atomic E-state index is -3.04. The largest absolute Gasteiger partial charge is 0.492 e. The highest BCUT2D eigenvalue weighted by molar-refractivity contribution is 8.26. The second-order valence-corrected chi connectivity index (χ2v) is 7.60. The van der Waals surface area contributed by atoms with Crippen molar-refractivity contribution in [2.45, 2.75) is 0 Å². The van der Waals surface area contributed by atoms with Crippen molar-refractivity contribution in [3.63, 3.8) is 0 Å². The van der Waals surface area contributed by atoms with E-state index in [-0.39, 0.29) is 33.5 Å². The van der Waals surface area contributed by atoms with Crippen molar-refractivity contribution in [3.8, 4) is 17.1 Å². The molecule has 2 rings (SSSR count). The van der Waals surface area contributed by atoms with Crippen molar-refractivity contribution in [2.75, 3.05) is 19.1 Å². The minimum absolute atomic E-state index is 0.0212. The van der Waals surface area contributed by atoms with Crippen molar-refractivity contribution >= 4 is 40.1 Å². The summed E-state index contributed by atoms with van der Waals surface area (Å²) in [5.74, 6) is -3.13. The summed E-state index contributed by atoms with van der Waals surface area (Å²) in [7, 11) is -1.81. The summed E-state index contributed by atoms with van der Waals surface area (Å²) in [5.41, 5.74) is 4.96. The molecule has 0 saturated carbocycles. The molecule has 0 bridgehead atoms. The summed E-state index contributed by atoms with van der Waals surface area (Å²) in [6.45, 7) is 0. The number of carboxylic acid groups (broad SMARTS) is 1. The molecule has 0 aliphatic carbocycles. The van der Waals surface area contributed by atoms with Gasteiger partial charge in [0.2, 0.25) is 0 Å². The highest BCUT2D eigenvalue weighted by Crippen LogP contribution is 2.37. The predicted molar refractivity (Wildman–Crippen MR) is 98.2 cm³/mol. The number of nitrogens with two attached hydrogens (primary N) is 1. The molecule has 0 radical (unpaired) electrons. The van der Waals surface area contributed by atoms with Crippen molar-refractivity contribution < 1.29 is 28.1 Å². The van der Waals surface area contributed by atoms with Gasteiger partial charge in [-0.05, 0) is 18.2 Å². The summed E-state index contributed by atoms with van der Waals surface area (Å²) >= 11 is 5.83. The average molecular weight is 404 g/mol. The van der Waals surface area contributed by atoms with Gasteiger partial charge in [0.1, 0.15) is 5.82 Å². The van der Waals surface area contributed by atoms with Crippen LogP contribution in [0.1, 0.15) is 16.1 Å². The van der Waals surface area contributed by atoms with Gasteiger partial charge in [0.15, 0.2) is 23.1 Å². The standard InChI is InChI=1S/C15H15ClFN3O5S/c1-25-12-9(16)4-3-7(10(12)17)14-19-11(15(21)22)8(13(18)20-14)5-6-26(2,23)24/h3-6,23-24H,1-2H3,(H,21,22)(H2,18,19,20)/b6-5+. The lowest BCUT2D eigenvalue weighted by molar-refractivity contribution is 0.0690. The molecule has 1 aromatic heterocycles. The van der Waals surface area contributed by atoms with Crippen LogP contribution in [0.2, 0.25) is 5.02 Å². The average Bonchev–Trinajstić information content (AvgIpc) is 2.52. The number of carboxylic acids is 1. The number of aromatic carboxylic acids is 1. The van der Waals surface area contributed by atoms with Gasteiger partial charge in [0.05, 0.1) is 23.3 Å². The number of hydrogen-bond donors (Lipinski definition) is 4. The van der Waals surface area contributed by atoms with E-state index in [9.17, 15) is 23.4 Å². The molecule has 0 amide bonds. The first-order chi connectivity index (χ1) is 12.0. The van der Waals surface area contributed by atoms with E-state index in [0.717, 1.165) is 17.7 Å². The number of anilines is 1. The zero-order valence-corrected chi connectivity index (χ0v) is 15.2. The number of nitrogen functional groups attached to an aromatic ring is 1. The SMILES string of the molecule is COc1c(Cl)ccc(-c2nc(N)c(/C=C/S(C)(O)O)c(C(=O)O)n2)c1F. The molecule has 0 saturated heterocycles. The van der Waals surface area contributed by atoms with Crippen LogP contribution < -0.4 is 10.5 Å². The van der Waals surface area contributed by atoms with E-state index >= 15 is 0 Å². The first-order valence-electron chi connectivity index (χ1n) is 6.89. The maximum absolute atomic E-state index is 14.5. The van der Waals surface area contributed by atoms with Gasteiger partial charge in [-0.1, -0.05) is 11.6 Å². The Labute approximate surface area is 154 Å². The zero-order chi connectivity index (χ0) is 19.6. The first kappa shape index (κ1) is 19.9. The number of halogens is 2. The van der Waals surface area contributed by atoms with Gasteiger partial charge in [-0.3, -0.25) is 9.11 Å². The molecule has 2 aromatic rings. The van der Waals surface area contributed by atoms with Crippen LogP contribution in [0, 0.1) is 5.82 Å². The van der Waals surface area contributed by atoms with Gasteiger partial charge in [-0.15, -0.1) is 0 Å². The molecule has 11 heteroatoms. The molecule has 0 aliphatic heterocycles. The van der Waals surface area contributed by atoms with Gasteiger partial charge in [0, 0.05) is 11.7 Å². The quantitative estimate of drug-likeness (QED) is 0.594. The van der Waals surface area contributed by atoms with Gasteiger partial charge in [-0.25, -0.2) is 19.2 Å². The van der Waals surface area contributed by atoms with E-state index in [0.29, 0.717) is 0 Å². The smallest absolute Gasteiger partial charge is 0.355 e. The molecule has 140 valence electrons. The second kappa shape index (κ2) is 7.46. The molecule has 0 spiro atoms. The third-order valence-corrected chi connectivity index (χ3v) is 4.11. The number of nitrogens with zero attached hydrogens (tertiary/aromatic N) is 2. The predicted octanol–water partition coefficient (Wildman–Crippen LogP) is 3.58. The van der Waals surface area contributed by atoms with Crippen LogP contribution in [-0.2, 0) is 0 Å². The van der Waals surface area contributed by atoms with Crippen LogP contribution in [-0.4, -0.2) is 43.5 Å². The molecule has 8 nitrogen and oxygen atoms in total. The number of methoxy groups -OCH3 is 1. The van der Waals surface area contributed by atoms with Gasteiger partial charge in [0.25, 0.3) is 0 Å². The summed E-state index contributed by atoms with van der Waals surface area (Å²) in [6, 6.07) is 2.61. The molecule has 1 heterocycles. The van der Waals surface area contributed by atoms with Crippen LogP contribution in [0.4, 0.5) is 10.2 Å². The Morgan fingerprint density at radius 3 is 2.58 bits per heavy atom. The third-order valence-electron chi connectivity index (χ3n) is 3.16. The van der Waals surface area contributed by atoms with Crippen LogP contribution >= 0.6 is 22.2 Å². The Morgan fingerprint density at radius 2 is 2.04 bits per heavy atom. The summed E-state index contributed by atoms with van der Waals surface area (Å²) in [5, 5.41) is 10.4. The fourth-order valence-corrected chi connectivity index (χ4v) is 2.64. The minimum Gasteiger partial charge on any atom is -0.492 e. The number of ether oxygens (including phenoxy) is 1. The maximum Gasteiger partial charge on any atom is 0.355 e. The highest BCUT2D eigenvalue weighted by atomic mass is 35.5. The summed E-state index contributed by atoms with van der Waals surface area (Å²) in [6.07, 6.45) is 2.24. The van der Waals surface area contributed by atoms with Crippen molar-refractivity contribution in [1.82, 2.24) is 9.97 Å². The van der Waals surface area contributed by atoms with Crippen LogP contribution in [0.3, 0.4) is 0 Å². The fourth-order valence-electron chi connectivity index (χ4n) is 2.02. The number of benzene rings is 1. The van der Waals surface area contributed by atoms with E-state index in [1.165, 1.54) is 19.2 Å². The van der Waals surface area contributed by atoms with E-state index in [2.05, 4.69) is 9.97 Å². The van der Waals surface area contributed by atoms with E-state index in [4.69, 9.17) is 22.1 Å². The van der Waals surface area contributed by atoms with Crippen molar-refractivity contribution in [1.29, 1.82) is 0 Å².